The van der Waals surface area contributed by atoms with E-state index in [0.717, 1.165) is 18.4 Å². The number of halogens is 2. The Balaban J connectivity index is 2.86. The molecule has 1 aromatic carbocycles. The fourth-order valence-corrected chi connectivity index (χ4v) is 2.81. The van der Waals surface area contributed by atoms with Crippen LogP contribution in [-0.4, -0.2) is 23.4 Å². The Labute approximate surface area is 123 Å². The Morgan fingerprint density at radius 3 is 2.42 bits per heavy atom. The number of benzene rings is 1. The smallest absolute Gasteiger partial charge is 0.137 e. The van der Waals surface area contributed by atoms with Crippen LogP contribution in [0.15, 0.2) is 22.7 Å². The number of aliphatic hydroxyl groups is 1. The molecule has 1 atom stereocenters. The van der Waals surface area contributed by atoms with E-state index < -0.39 is 11.7 Å². The van der Waals surface area contributed by atoms with Crippen LogP contribution in [0.2, 0.25) is 0 Å². The van der Waals surface area contributed by atoms with Crippen molar-refractivity contribution in [1.29, 1.82) is 0 Å². The van der Waals surface area contributed by atoms with Crippen LogP contribution in [0.5, 0.6) is 0 Å². The molecule has 0 aromatic heterocycles. The molecular weight excluding hydrogens is 311 g/mol. The van der Waals surface area contributed by atoms with Gasteiger partial charge in [-0.2, -0.15) is 0 Å². The molecule has 0 radical (unpaired) electrons. The highest BCUT2D eigenvalue weighted by Crippen LogP contribution is 2.28. The van der Waals surface area contributed by atoms with Crippen LogP contribution in [0.3, 0.4) is 0 Å². The van der Waals surface area contributed by atoms with Crippen LogP contribution in [0.25, 0.3) is 0 Å². The van der Waals surface area contributed by atoms with Gasteiger partial charge in [0.05, 0.1) is 16.2 Å². The summed E-state index contributed by atoms with van der Waals surface area (Å²) in [5, 5.41) is 10.5. The van der Waals surface area contributed by atoms with Gasteiger partial charge in [0.1, 0.15) is 5.82 Å². The fourth-order valence-electron chi connectivity index (χ4n) is 2.38. The molecule has 0 fully saturated rings. The molecule has 19 heavy (non-hydrogen) atoms. The second-order valence-electron chi connectivity index (χ2n) is 4.67. The first-order valence-electron chi connectivity index (χ1n) is 6.75. The zero-order chi connectivity index (χ0) is 14.5. The molecule has 0 aliphatic carbocycles. The maximum Gasteiger partial charge on any atom is 0.137 e. The summed E-state index contributed by atoms with van der Waals surface area (Å²) in [5.41, 5.74) is 0.377. The van der Waals surface area contributed by atoms with Gasteiger partial charge >= 0.3 is 0 Å². The van der Waals surface area contributed by atoms with Crippen molar-refractivity contribution in [1.82, 2.24) is 0 Å². The second-order valence-corrected chi connectivity index (χ2v) is 5.53. The van der Waals surface area contributed by atoms with Crippen molar-refractivity contribution >= 4 is 15.9 Å². The number of aliphatic hydroxyl groups excluding tert-OH is 1. The molecule has 0 amide bonds. The lowest BCUT2D eigenvalue weighted by Crippen LogP contribution is -2.45. The molecule has 0 bridgehead atoms. The van der Waals surface area contributed by atoms with Crippen LogP contribution < -0.4 is 0 Å². The molecule has 1 unspecified atom stereocenters. The van der Waals surface area contributed by atoms with E-state index >= 15 is 0 Å². The quantitative estimate of drug-likeness (QED) is 0.814. The number of rotatable bonds is 7. The highest BCUT2D eigenvalue weighted by molar-refractivity contribution is 9.10. The van der Waals surface area contributed by atoms with Crippen LogP contribution in [0.4, 0.5) is 4.39 Å². The largest absolute Gasteiger partial charge is 0.390 e. The topological polar surface area (TPSA) is 29.5 Å². The average molecular weight is 333 g/mol. The maximum absolute atomic E-state index is 13.2. The third-order valence-electron chi connectivity index (χ3n) is 3.65. The van der Waals surface area contributed by atoms with E-state index in [9.17, 15) is 9.50 Å². The average Bonchev–Trinajstić information content (AvgIpc) is 2.40. The van der Waals surface area contributed by atoms with Gasteiger partial charge in [-0.3, -0.25) is 0 Å². The molecule has 0 spiro atoms. The summed E-state index contributed by atoms with van der Waals surface area (Å²) in [4.78, 5) is 0. The number of hydrogen-bond acceptors (Lipinski definition) is 2. The van der Waals surface area contributed by atoms with Gasteiger partial charge in [-0.25, -0.2) is 4.39 Å². The van der Waals surface area contributed by atoms with Gasteiger partial charge in [-0.15, -0.1) is 0 Å². The lowest BCUT2D eigenvalue weighted by molar-refractivity contribution is -0.124. The van der Waals surface area contributed by atoms with E-state index in [0.29, 0.717) is 17.5 Å². The summed E-state index contributed by atoms with van der Waals surface area (Å²) < 4.78 is 19.4. The molecule has 4 heteroatoms. The summed E-state index contributed by atoms with van der Waals surface area (Å²) >= 11 is 3.16. The first-order valence-corrected chi connectivity index (χ1v) is 7.54. The van der Waals surface area contributed by atoms with Gasteiger partial charge in [0.2, 0.25) is 0 Å². The SMILES string of the molecule is CCOC(CC)(CC)C(O)Cc1ccc(F)c(Br)c1. The fraction of sp³-hybridized carbons (Fsp3) is 0.600. The number of ether oxygens (including phenoxy) is 1. The maximum atomic E-state index is 13.2. The van der Waals surface area contributed by atoms with E-state index in [4.69, 9.17) is 4.74 Å². The predicted molar refractivity (Wildman–Crippen MR) is 78.7 cm³/mol. The molecule has 0 saturated carbocycles. The Bertz CT molecular complexity index is 405. The zero-order valence-corrected chi connectivity index (χ0v) is 13.3. The minimum absolute atomic E-state index is 0.291. The van der Waals surface area contributed by atoms with Gasteiger partial charge < -0.3 is 9.84 Å². The van der Waals surface area contributed by atoms with Gasteiger partial charge in [0.15, 0.2) is 0 Å². The van der Waals surface area contributed by atoms with Gasteiger partial charge in [-0.05, 0) is 53.4 Å². The second kappa shape index (κ2) is 7.36. The Kier molecular flexibility index (Phi) is 6.43. The zero-order valence-electron chi connectivity index (χ0n) is 11.7. The van der Waals surface area contributed by atoms with Crippen molar-refractivity contribution in [3.8, 4) is 0 Å². The van der Waals surface area contributed by atoms with E-state index in [1.807, 2.05) is 20.8 Å². The minimum atomic E-state index is -0.597. The van der Waals surface area contributed by atoms with Crippen molar-refractivity contribution in [3.05, 3.63) is 34.1 Å². The van der Waals surface area contributed by atoms with E-state index in [2.05, 4.69) is 15.9 Å². The molecule has 0 saturated heterocycles. The highest BCUT2D eigenvalue weighted by atomic mass is 79.9. The van der Waals surface area contributed by atoms with Gasteiger partial charge in [0.25, 0.3) is 0 Å². The molecule has 1 rings (SSSR count). The summed E-state index contributed by atoms with van der Waals surface area (Å²) in [6, 6.07) is 4.82. The van der Waals surface area contributed by atoms with Crippen LogP contribution >= 0.6 is 15.9 Å². The summed E-state index contributed by atoms with van der Waals surface area (Å²) in [7, 11) is 0. The summed E-state index contributed by atoms with van der Waals surface area (Å²) in [6.45, 7) is 6.54. The molecule has 0 heterocycles. The Morgan fingerprint density at radius 2 is 1.95 bits per heavy atom. The first-order chi connectivity index (χ1) is 8.99. The molecule has 1 aromatic rings. The number of hydrogen-bond donors (Lipinski definition) is 1. The van der Waals surface area contributed by atoms with Crippen LogP contribution in [0.1, 0.15) is 39.2 Å². The highest BCUT2D eigenvalue weighted by Gasteiger charge is 2.35. The summed E-state index contributed by atoms with van der Waals surface area (Å²) in [5.74, 6) is -0.291. The van der Waals surface area contributed by atoms with E-state index in [1.54, 1.807) is 12.1 Å². The Morgan fingerprint density at radius 1 is 1.32 bits per heavy atom. The van der Waals surface area contributed by atoms with Crippen LogP contribution in [0, 0.1) is 5.82 Å². The third-order valence-corrected chi connectivity index (χ3v) is 4.26. The molecule has 0 aliphatic rings. The van der Waals surface area contributed by atoms with Crippen molar-refractivity contribution < 1.29 is 14.2 Å². The molecule has 108 valence electrons. The molecular formula is C15H22BrFO2. The molecule has 1 N–H and O–H groups in total. The van der Waals surface area contributed by atoms with Crippen molar-refractivity contribution in [2.45, 2.75) is 51.7 Å². The van der Waals surface area contributed by atoms with Crippen molar-refractivity contribution in [3.63, 3.8) is 0 Å². The lowest BCUT2D eigenvalue weighted by Gasteiger charge is -2.36. The van der Waals surface area contributed by atoms with E-state index in [-0.39, 0.29) is 5.82 Å². The Hall–Kier alpha value is -0.450. The van der Waals surface area contributed by atoms with Crippen molar-refractivity contribution in [2.75, 3.05) is 6.61 Å². The van der Waals surface area contributed by atoms with Crippen LogP contribution in [-0.2, 0) is 11.2 Å². The first kappa shape index (κ1) is 16.6. The monoisotopic (exact) mass is 332 g/mol. The summed E-state index contributed by atoms with van der Waals surface area (Å²) in [6.07, 6.45) is 1.36. The predicted octanol–water partition coefficient (Wildman–Crippen LogP) is 4.09. The lowest BCUT2D eigenvalue weighted by atomic mass is 9.86. The molecule has 0 aliphatic heterocycles. The minimum Gasteiger partial charge on any atom is -0.390 e. The normalized spacial score (nSPS) is 13.6. The van der Waals surface area contributed by atoms with Gasteiger partial charge in [0, 0.05) is 13.0 Å². The van der Waals surface area contributed by atoms with Gasteiger partial charge in [-0.1, -0.05) is 19.9 Å². The molecule has 2 nitrogen and oxygen atoms in total. The standard InChI is InChI=1S/C15H22BrFO2/c1-4-15(5-2,19-6-3)14(18)10-11-7-8-13(17)12(16)9-11/h7-9,14,18H,4-6,10H2,1-3H3. The van der Waals surface area contributed by atoms with Crippen molar-refractivity contribution in [2.24, 2.45) is 0 Å². The third kappa shape index (κ3) is 4.01. The van der Waals surface area contributed by atoms with E-state index in [1.165, 1.54) is 6.07 Å².